The van der Waals surface area contributed by atoms with Gasteiger partial charge >= 0.3 is 0 Å². The molecule has 18 heavy (non-hydrogen) atoms. The summed E-state index contributed by atoms with van der Waals surface area (Å²) in [4.78, 5) is 2.67. The van der Waals surface area contributed by atoms with E-state index in [0.29, 0.717) is 18.0 Å². The molecule has 3 unspecified atom stereocenters. The average molecular weight is 244 g/mol. The van der Waals surface area contributed by atoms with Gasteiger partial charge in [0.1, 0.15) is 0 Å². The maximum atomic E-state index is 6.13. The van der Waals surface area contributed by atoms with Crippen LogP contribution in [0.15, 0.2) is 18.2 Å². The number of benzene rings is 1. The number of fused-ring (bicyclic) bond motifs is 1. The molecule has 0 bridgehead atoms. The number of aryl methyl sites for hydroxylation is 2. The number of rotatable bonds is 1. The third-order valence-electron chi connectivity index (χ3n) is 4.79. The molecule has 1 aliphatic carbocycles. The maximum Gasteiger partial charge on any atom is 0.0354 e. The van der Waals surface area contributed by atoms with E-state index in [4.69, 9.17) is 5.73 Å². The Hall–Kier alpha value is -0.860. The highest BCUT2D eigenvalue weighted by Crippen LogP contribution is 2.38. The summed E-state index contributed by atoms with van der Waals surface area (Å²) in [5, 5.41) is 0. The minimum Gasteiger partial charge on any atom is -0.327 e. The van der Waals surface area contributed by atoms with Gasteiger partial charge in [0.05, 0.1) is 0 Å². The Kier molecular flexibility index (Phi) is 3.16. The molecule has 0 saturated carbocycles. The lowest BCUT2D eigenvalue weighted by molar-refractivity contribution is 0.116. The standard InChI is InChI=1S/C16H24N2/c1-11-3-4-13-5-6-16(14(13)9-11)18-8-7-15(17)12(2)10-18/h3-4,9,12,15-16H,5-8,10,17H2,1-2H3. The van der Waals surface area contributed by atoms with Crippen LogP contribution in [-0.2, 0) is 6.42 Å². The van der Waals surface area contributed by atoms with Crippen LogP contribution in [0.1, 0.15) is 42.5 Å². The first-order valence-electron chi connectivity index (χ1n) is 7.24. The number of nitrogens with two attached hydrogens (primary N) is 1. The summed E-state index contributed by atoms with van der Waals surface area (Å²) in [6.07, 6.45) is 3.69. The topological polar surface area (TPSA) is 29.3 Å². The molecular weight excluding hydrogens is 220 g/mol. The third kappa shape index (κ3) is 2.08. The fourth-order valence-electron chi connectivity index (χ4n) is 3.56. The van der Waals surface area contributed by atoms with E-state index in [1.807, 2.05) is 0 Å². The second-order valence-electron chi connectivity index (χ2n) is 6.18. The van der Waals surface area contributed by atoms with E-state index >= 15 is 0 Å². The van der Waals surface area contributed by atoms with E-state index in [9.17, 15) is 0 Å². The van der Waals surface area contributed by atoms with Crippen molar-refractivity contribution in [2.75, 3.05) is 13.1 Å². The van der Waals surface area contributed by atoms with Gasteiger partial charge in [0.15, 0.2) is 0 Å². The zero-order chi connectivity index (χ0) is 12.7. The highest BCUT2D eigenvalue weighted by Gasteiger charge is 2.32. The van der Waals surface area contributed by atoms with Crippen molar-refractivity contribution in [3.63, 3.8) is 0 Å². The van der Waals surface area contributed by atoms with Crippen LogP contribution in [0.2, 0.25) is 0 Å². The number of piperidine rings is 1. The number of hydrogen-bond acceptors (Lipinski definition) is 2. The Morgan fingerprint density at radius 1 is 1.28 bits per heavy atom. The molecule has 1 aromatic rings. The summed E-state index contributed by atoms with van der Waals surface area (Å²) in [6, 6.07) is 8.01. The van der Waals surface area contributed by atoms with Gasteiger partial charge in [-0.05, 0) is 43.2 Å². The van der Waals surface area contributed by atoms with Gasteiger partial charge in [-0.2, -0.15) is 0 Å². The number of nitrogens with zero attached hydrogens (tertiary/aromatic N) is 1. The summed E-state index contributed by atoms with van der Waals surface area (Å²) in [5.41, 5.74) is 10.7. The van der Waals surface area contributed by atoms with Gasteiger partial charge < -0.3 is 5.73 Å². The van der Waals surface area contributed by atoms with E-state index in [1.165, 1.54) is 31.5 Å². The molecule has 1 saturated heterocycles. The van der Waals surface area contributed by atoms with Crippen molar-refractivity contribution in [2.24, 2.45) is 11.7 Å². The van der Waals surface area contributed by atoms with E-state index in [2.05, 4.69) is 36.9 Å². The Morgan fingerprint density at radius 3 is 2.89 bits per heavy atom. The number of likely N-dealkylation sites (tertiary alicyclic amines) is 1. The van der Waals surface area contributed by atoms with Gasteiger partial charge in [-0.1, -0.05) is 30.7 Å². The number of hydrogen-bond donors (Lipinski definition) is 1. The highest BCUT2D eigenvalue weighted by molar-refractivity contribution is 5.37. The van der Waals surface area contributed by atoms with Gasteiger partial charge in [-0.3, -0.25) is 4.90 Å². The second kappa shape index (κ2) is 4.67. The first kappa shape index (κ1) is 12.2. The van der Waals surface area contributed by atoms with Crippen LogP contribution in [0, 0.1) is 12.8 Å². The Morgan fingerprint density at radius 2 is 2.11 bits per heavy atom. The summed E-state index contributed by atoms with van der Waals surface area (Å²) in [5.74, 6) is 0.632. The smallest absolute Gasteiger partial charge is 0.0354 e. The van der Waals surface area contributed by atoms with Gasteiger partial charge in [0, 0.05) is 25.2 Å². The van der Waals surface area contributed by atoms with Crippen molar-refractivity contribution in [1.82, 2.24) is 4.90 Å². The van der Waals surface area contributed by atoms with Gasteiger partial charge in [-0.25, -0.2) is 0 Å². The highest BCUT2D eigenvalue weighted by atomic mass is 15.2. The van der Waals surface area contributed by atoms with Crippen molar-refractivity contribution in [3.05, 3.63) is 34.9 Å². The molecule has 2 nitrogen and oxygen atoms in total. The molecule has 0 radical (unpaired) electrons. The molecule has 1 aliphatic heterocycles. The van der Waals surface area contributed by atoms with Gasteiger partial charge in [0.2, 0.25) is 0 Å². The first-order chi connectivity index (χ1) is 8.65. The van der Waals surface area contributed by atoms with Crippen molar-refractivity contribution in [2.45, 2.75) is 45.2 Å². The molecule has 2 N–H and O–H groups in total. The monoisotopic (exact) mass is 244 g/mol. The fourth-order valence-corrected chi connectivity index (χ4v) is 3.56. The lowest BCUT2D eigenvalue weighted by Crippen LogP contribution is -2.46. The second-order valence-corrected chi connectivity index (χ2v) is 6.18. The van der Waals surface area contributed by atoms with E-state index < -0.39 is 0 Å². The van der Waals surface area contributed by atoms with Crippen LogP contribution in [0.4, 0.5) is 0 Å². The normalized spacial score (nSPS) is 32.5. The van der Waals surface area contributed by atoms with E-state index in [-0.39, 0.29) is 0 Å². The summed E-state index contributed by atoms with van der Waals surface area (Å²) < 4.78 is 0. The lowest BCUT2D eigenvalue weighted by atomic mass is 9.92. The molecule has 0 aromatic heterocycles. The van der Waals surface area contributed by atoms with Crippen LogP contribution < -0.4 is 5.73 Å². The Bertz CT molecular complexity index is 441. The zero-order valence-corrected chi connectivity index (χ0v) is 11.5. The molecule has 0 spiro atoms. The van der Waals surface area contributed by atoms with Crippen LogP contribution >= 0.6 is 0 Å². The molecule has 3 rings (SSSR count). The van der Waals surface area contributed by atoms with Crippen LogP contribution in [0.25, 0.3) is 0 Å². The molecule has 1 aromatic carbocycles. The fraction of sp³-hybridized carbons (Fsp3) is 0.625. The lowest BCUT2D eigenvalue weighted by Gasteiger charge is -2.39. The molecule has 98 valence electrons. The molecule has 2 aliphatic rings. The summed E-state index contributed by atoms with van der Waals surface area (Å²) in [6.45, 7) is 6.83. The van der Waals surface area contributed by atoms with Crippen LogP contribution in [0.5, 0.6) is 0 Å². The van der Waals surface area contributed by atoms with Gasteiger partial charge in [-0.15, -0.1) is 0 Å². The molecule has 3 atom stereocenters. The van der Waals surface area contributed by atoms with E-state index in [0.717, 1.165) is 6.42 Å². The van der Waals surface area contributed by atoms with Crippen molar-refractivity contribution < 1.29 is 0 Å². The van der Waals surface area contributed by atoms with Crippen LogP contribution in [-0.4, -0.2) is 24.0 Å². The minimum absolute atomic E-state index is 0.402. The third-order valence-corrected chi connectivity index (χ3v) is 4.79. The maximum absolute atomic E-state index is 6.13. The molecular formula is C16H24N2. The minimum atomic E-state index is 0.402. The largest absolute Gasteiger partial charge is 0.327 e. The summed E-state index contributed by atoms with van der Waals surface area (Å²) >= 11 is 0. The average Bonchev–Trinajstić information content (AvgIpc) is 2.75. The van der Waals surface area contributed by atoms with E-state index in [1.54, 1.807) is 11.1 Å². The Labute approximate surface area is 110 Å². The van der Waals surface area contributed by atoms with Crippen LogP contribution in [0.3, 0.4) is 0 Å². The predicted octanol–water partition coefficient (Wildman–Crippen LogP) is 2.65. The SMILES string of the molecule is Cc1ccc2c(c1)C(N1CCC(N)C(C)C1)CC2. The van der Waals surface area contributed by atoms with Crippen molar-refractivity contribution in [1.29, 1.82) is 0 Å². The quantitative estimate of drug-likeness (QED) is 0.823. The van der Waals surface area contributed by atoms with Crippen molar-refractivity contribution >= 4 is 0 Å². The molecule has 0 amide bonds. The zero-order valence-electron chi connectivity index (χ0n) is 11.5. The summed E-state index contributed by atoms with van der Waals surface area (Å²) in [7, 11) is 0. The van der Waals surface area contributed by atoms with Gasteiger partial charge in [0.25, 0.3) is 0 Å². The molecule has 2 heteroatoms. The Balaban J connectivity index is 1.82. The molecule has 1 heterocycles. The molecule has 1 fully saturated rings. The van der Waals surface area contributed by atoms with Crippen molar-refractivity contribution in [3.8, 4) is 0 Å². The first-order valence-corrected chi connectivity index (χ1v) is 7.24. The predicted molar refractivity (Wildman–Crippen MR) is 75.6 cm³/mol.